The first-order valence-electron chi connectivity index (χ1n) is 33.5. The summed E-state index contributed by atoms with van der Waals surface area (Å²) in [6, 6.07) is 53.0. The van der Waals surface area contributed by atoms with Gasteiger partial charge in [0.15, 0.2) is 29.7 Å². The zero-order valence-corrected chi connectivity index (χ0v) is 61.2. The van der Waals surface area contributed by atoms with Crippen molar-refractivity contribution in [2.75, 3.05) is 21.3 Å². The summed E-state index contributed by atoms with van der Waals surface area (Å²) in [7, 11) is 0. The normalized spacial score (nSPS) is 11.7. The van der Waals surface area contributed by atoms with Crippen molar-refractivity contribution < 1.29 is 80.7 Å². The predicted molar refractivity (Wildman–Crippen MR) is 405 cm³/mol. The molecule has 0 aliphatic carbocycles. The van der Waals surface area contributed by atoms with E-state index in [0.717, 1.165) is 93.6 Å². The summed E-state index contributed by atoms with van der Waals surface area (Å²) in [4.78, 5) is 53.0. The lowest BCUT2D eigenvalue weighted by molar-refractivity contribution is -0.138. The average Bonchev–Trinajstić information content (AvgIpc) is 1.66. The zero-order valence-electron chi connectivity index (χ0n) is 58.0. The van der Waals surface area contributed by atoms with Gasteiger partial charge in [0, 0.05) is 26.9 Å². The number of nitrogens with zero attached hydrogens (tertiary/aromatic N) is 10. The van der Waals surface area contributed by atoms with Gasteiger partial charge in [-0.05, 0) is 160 Å². The number of alkyl halides is 12. The van der Waals surface area contributed by atoms with E-state index in [1.54, 1.807) is 78.0 Å². The van der Waals surface area contributed by atoms with Crippen LogP contribution in [0.4, 0.5) is 80.3 Å². The lowest BCUT2D eigenvalue weighted by Gasteiger charge is -2.08. The quantitative estimate of drug-likeness (QED) is 0.0665. The van der Waals surface area contributed by atoms with Crippen molar-refractivity contribution in [3.63, 3.8) is 0 Å². The summed E-state index contributed by atoms with van der Waals surface area (Å²) in [5, 5.41) is 36.2. The van der Waals surface area contributed by atoms with Gasteiger partial charge in [0.1, 0.15) is 20.7 Å². The lowest BCUT2D eigenvalue weighted by Crippen LogP contribution is -2.13. The molecule has 580 valence electrons. The van der Waals surface area contributed by atoms with Crippen molar-refractivity contribution in [2.45, 2.75) is 50.9 Å². The van der Waals surface area contributed by atoms with Crippen molar-refractivity contribution in [1.82, 2.24) is 48.5 Å². The number of carbonyl (C=O) groups excluding carboxylic acids is 4. The van der Waals surface area contributed by atoms with E-state index in [-0.39, 0.29) is 54.4 Å². The minimum absolute atomic E-state index is 0.0429. The number of anilines is 4. The lowest BCUT2D eigenvalue weighted by atomic mass is 10.1. The number of aromatic nitrogens is 10. The van der Waals surface area contributed by atoms with Crippen LogP contribution in [-0.4, -0.2) is 72.1 Å². The molecule has 8 aromatic carbocycles. The van der Waals surface area contributed by atoms with Gasteiger partial charge in [-0.25, -0.2) is 9.37 Å². The highest BCUT2D eigenvalue weighted by molar-refractivity contribution is 7.14. The number of carbonyl (C=O) groups is 4. The molecule has 114 heavy (non-hydrogen) atoms. The Balaban J connectivity index is 0.000000133. The summed E-state index contributed by atoms with van der Waals surface area (Å²) < 4.78 is 182. The van der Waals surface area contributed by atoms with Gasteiger partial charge in [-0.1, -0.05) is 109 Å². The molecular formula is C78H52ClF13N14O5S3. The SMILES string of the molecule is O=C(Nc1nn(Cc2ccc(C(F)(F)F)cc2)c2ccccc12)c1ccsc1Cl.O=C(Nc1nn(Cc2ccc(C(F)(F)F)cc2)c2ccccc12)c1ccsn1.O=C(Nc1nn(Cc2ccc(C(F)(F)F)cc2)c2ccccc12)c1cnco1.O=C(Nc1nn(Cc2ccc(C(F)(F)F)cc2)c2ccccc12)c1sccc1F. The molecule has 4 amide bonds. The van der Waals surface area contributed by atoms with E-state index < -0.39 is 64.6 Å². The molecule has 16 rings (SSSR count). The van der Waals surface area contributed by atoms with E-state index in [9.17, 15) is 76.3 Å². The van der Waals surface area contributed by atoms with E-state index in [1.807, 2.05) is 60.7 Å². The maximum absolute atomic E-state index is 13.7. The van der Waals surface area contributed by atoms with Crippen LogP contribution in [0.25, 0.3) is 43.6 Å². The monoisotopic (exact) mass is 1640 g/mol. The third-order valence-corrected chi connectivity index (χ3v) is 19.6. The second-order valence-corrected chi connectivity index (χ2v) is 27.7. The number of hydrogen-bond acceptors (Lipinski definition) is 14. The van der Waals surface area contributed by atoms with Crippen LogP contribution in [0.2, 0.25) is 4.34 Å². The first-order chi connectivity index (χ1) is 54.5. The van der Waals surface area contributed by atoms with Crippen LogP contribution in [0, 0.1) is 5.82 Å². The fraction of sp³-hybridized carbons (Fsp3) is 0.103. The summed E-state index contributed by atoms with van der Waals surface area (Å²) >= 11 is 9.44. The largest absolute Gasteiger partial charge is 0.438 e. The number of benzene rings is 8. The Morgan fingerprint density at radius 1 is 0.386 bits per heavy atom. The molecule has 8 aromatic heterocycles. The van der Waals surface area contributed by atoms with Gasteiger partial charge in [0.25, 0.3) is 23.6 Å². The number of amides is 4. The van der Waals surface area contributed by atoms with Crippen LogP contribution in [-0.2, 0) is 50.9 Å². The number of halogens is 14. The number of fused-ring (bicyclic) bond motifs is 4. The van der Waals surface area contributed by atoms with Gasteiger partial charge >= 0.3 is 24.7 Å². The van der Waals surface area contributed by atoms with Crippen LogP contribution < -0.4 is 21.3 Å². The van der Waals surface area contributed by atoms with E-state index in [1.165, 1.54) is 89.0 Å². The Labute approximate surface area is 651 Å². The Bertz CT molecular complexity index is 5710. The molecule has 0 atom stereocenters. The van der Waals surface area contributed by atoms with Gasteiger partial charge in [0.2, 0.25) is 5.76 Å². The molecule has 4 N–H and O–H groups in total. The zero-order chi connectivity index (χ0) is 80.6. The van der Waals surface area contributed by atoms with E-state index in [2.05, 4.69) is 51.0 Å². The van der Waals surface area contributed by atoms with Crippen molar-refractivity contribution in [2.24, 2.45) is 0 Å². The van der Waals surface area contributed by atoms with E-state index >= 15 is 0 Å². The Morgan fingerprint density at radius 2 is 0.719 bits per heavy atom. The van der Waals surface area contributed by atoms with Crippen LogP contribution in [0.1, 0.15) is 85.6 Å². The fourth-order valence-corrected chi connectivity index (χ4v) is 13.6. The van der Waals surface area contributed by atoms with Gasteiger partial charge in [-0.15, -0.1) is 22.7 Å². The molecule has 0 fully saturated rings. The smallest absolute Gasteiger partial charge is 0.416 e. The van der Waals surface area contributed by atoms with Gasteiger partial charge in [-0.2, -0.15) is 77.5 Å². The standard InChI is InChI=1S/C20H13ClF3N3OS.C20H13F4N3OS.C19H13F3N4O2.C19H13F3N4OS/c21-17-15(9-10-29-17)19(28)25-18-14-3-1-2-4-16(14)27(26-18)11-12-5-7-13(8-6-12)20(22,23)24;21-15-9-10-29-17(15)19(28)25-18-14-3-1-2-4-16(14)27(26-18)11-12-5-7-13(8-6-12)20(22,23)24;20-19(21,22)13-7-5-12(6-8-13)10-26-15-4-2-1-3-14(15)17(25-26)24-18(27)16-9-23-11-28-16;20-19(21,22)13-7-5-12(6-8-13)11-26-16-4-2-1-3-14(16)17(24-26)23-18(27)15-9-10-28-25-15/h2*1-10H,11H2,(H,25,26,28);1-9,11H,10H2,(H,24,25,27);1-10H,11H2,(H,23,24,27). The molecule has 0 radical (unpaired) electrons. The third kappa shape index (κ3) is 18.8. The summed E-state index contributed by atoms with van der Waals surface area (Å²) in [6.07, 6.45) is -15.1. The molecule has 36 heteroatoms. The average molecular weight is 1640 g/mol. The first kappa shape index (κ1) is 79.2. The first-order valence-corrected chi connectivity index (χ1v) is 36.4. The molecule has 19 nitrogen and oxygen atoms in total. The number of hydrogen-bond donors (Lipinski definition) is 4. The highest BCUT2D eigenvalue weighted by Gasteiger charge is 2.34. The molecule has 8 heterocycles. The van der Waals surface area contributed by atoms with E-state index in [4.69, 9.17) is 16.0 Å². The summed E-state index contributed by atoms with van der Waals surface area (Å²) in [6.45, 7) is 0.984. The van der Waals surface area contributed by atoms with Crippen LogP contribution in [0.5, 0.6) is 0 Å². The highest BCUT2D eigenvalue weighted by Crippen LogP contribution is 2.36. The van der Waals surface area contributed by atoms with Crippen LogP contribution in [0.3, 0.4) is 0 Å². The number of rotatable bonds is 16. The van der Waals surface area contributed by atoms with Crippen LogP contribution in [0.15, 0.2) is 245 Å². The topological polar surface area (TPSA) is 227 Å². The number of oxazole rings is 1. The fourth-order valence-electron chi connectivity index (χ4n) is 11.5. The van der Waals surface area contributed by atoms with Crippen molar-refractivity contribution in [1.29, 1.82) is 0 Å². The predicted octanol–water partition coefficient (Wildman–Crippen LogP) is 20.8. The molecule has 0 saturated heterocycles. The van der Waals surface area contributed by atoms with E-state index in [0.29, 0.717) is 71.6 Å². The van der Waals surface area contributed by atoms with Gasteiger partial charge in [-0.3, -0.25) is 37.9 Å². The summed E-state index contributed by atoms with van der Waals surface area (Å²) in [5.41, 5.74) is 3.35. The van der Waals surface area contributed by atoms with Crippen molar-refractivity contribution in [3.05, 3.63) is 318 Å². The second-order valence-electron chi connectivity index (χ2n) is 24.6. The number of para-hydroxylation sites is 4. The van der Waals surface area contributed by atoms with Crippen molar-refractivity contribution >= 4 is 136 Å². The molecule has 0 spiro atoms. The molecule has 0 unspecified atom stereocenters. The Hall–Kier alpha value is -12.9. The Kier molecular flexibility index (Phi) is 23.4. The highest BCUT2D eigenvalue weighted by atomic mass is 35.5. The second kappa shape index (κ2) is 33.6. The molecular weight excluding hydrogens is 1590 g/mol. The molecule has 0 aliphatic rings. The van der Waals surface area contributed by atoms with Gasteiger partial charge in [0.05, 0.1) is 82.3 Å². The van der Waals surface area contributed by atoms with Crippen molar-refractivity contribution in [3.8, 4) is 0 Å². The molecule has 0 aliphatic heterocycles. The summed E-state index contributed by atoms with van der Waals surface area (Å²) in [5.74, 6) is -1.10. The maximum Gasteiger partial charge on any atom is 0.416 e. The number of nitrogens with one attached hydrogen (secondary N) is 4. The van der Waals surface area contributed by atoms with Crippen LogP contribution >= 0.6 is 45.8 Å². The molecule has 0 saturated carbocycles. The minimum atomic E-state index is -4.40. The molecule has 0 bridgehead atoms. The van der Waals surface area contributed by atoms with Gasteiger partial charge < -0.3 is 25.7 Å². The third-order valence-electron chi connectivity index (χ3n) is 17.0. The molecule has 16 aromatic rings. The minimum Gasteiger partial charge on any atom is -0.438 e. The number of thiophene rings is 2. The maximum atomic E-state index is 13.7. The Morgan fingerprint density at radius 3 is 1.02 bits per heavy atom.